The van der Waals surface area contributed by atoms with Crippen molar-refractivity contribution in [1.82, 2.24) is 0 Å². The second kappa shape index (κ2) is 5.41. The predicted molar refractivity (Wildman–Crippen MR) is 73.3 cm³/mol. The zero-order valence-corrected chi connectivity index (χ0v) is 11.6. The number of halogens is 1. The predicted octanol–water partition coefficient (Wildman–Crippen LogP) is 2.96. The van der Waals surface area contributed by atoms with Gasteiger partial charge in [0.1, 0.15) is 0 Å². The first-order valence-corrected chi connectivity index (χ1v) is 7.22. The minimum atomic E-state index is -0.518. The van der Waals surface area contributed by atoms with E-state index in [1.807, 2.05) is 24.3 Å². The molecule has 3 unspecified atom stereocenters. The van der Waals surface area contributed by atoms with E-state index in [-0.39, 0.29) is 11.5 Å². The molecule has 3 nitrogen and oxygen atoms in total. The first kappa shape index (κ1) is 13.4. The summed E-state index contributed by atoms with van der Waals surface area (Å²) in [5.74, 6) is 0.190. The van der Waals surface area contributed by atoms with Crippen molar-refractivity contribution in [2.24, 2.45) is 5.92 Å². The van der Waals surface area contributed by atoms with Crippen LogP contribution >= 0.6 is 11.6 Å². The van der Waals surface area contributed by atoms with Crippen molar-refractivity contribution in [3.05, 3.63) is 34.9 Å². The third-order valence-corrected chi connectivity index (χ3v) is 4.61. The van der Waals surface area contributed by atoms with Crippen molar-refractivity contribution >= 4 is 11.6 Å². The van der Waals surface area contributed by atoms with Crippen LogP contribution in [0.2, 0.25) is 5.02 Å². The van der Waals surface area contributed by atoms with E-state index in [1.165, 1.54) is 0 Å². The Balaban J connectivity index is 1.76. The summed E-state index contributed by atoms with van der Waals surface area (Å²) in [4.78, 5) is 0. The summed E-state index contributed by atoms with van der Waals surface area (Å²) in [6, 6.07) is 7.53. The fourth-order valence-electron chi connectivity index (χ4n) is 3.17. The van der Waals surface area contributed by atoms with Crippen molar-refractivity contribution in [1.29, 1.82) is 0 Å². The highest BCUT2D eigenvalue weighted by molar-refractivity contribution is 6.31. The van der Waals surface area contributed by atoms with Gasteiger partial charge in [0.15, 0.2) is 0 Å². The van der Waals surface area contributed by atoms with E-state index in [0.717, 1.165) is 31.4 Å². The van der Waals surface area contributed by atoms with E-state index in [1.54, 1.807) is 0 Å². The Morgan fingerprint density at radius 1 is 1.32 bits per heavy atom. The Kier molecular flexibility index (Phi) is 3.81. The van der Waals surface area contributed by atoms with Crippen LogP contribution in [0.1, 0.15) is 30.9 Å². The van der Waals surface area contributed by atoms with E-state index in [4.69, 9.17) is 21.1 Å². The van der Waals surface area contributed by atoms with Crippen LogP contribution in [0.15, 0.2) is 24.3 Å². The van der Waals surface area contributed by atoms with E-state index in [9.17, 15) is 5.11 Å². The van der Waals surface area contributed by atoms with Gasteiger partial charge in [0.25, 0.3) is 0 Å². The highest BCUT2D eigenvalue weighted by Crippen LogP contribution is 2.42. The van der Waals surface area contributed by atoms with Gasteiger partial charge in [0, 0.05) is 24.7 Å². The Morgan fingerprint density at radius 3 is 2.89 bits per heavy atom. The number of hydrogen-bond donors (Lipinski definition) is 1. The maximum atomic E-state index is 10.6. The van der Waals surface area contributed by atoms with Gasteiger partial charge in [-0.25, -0.2) is 0 Å². The van der Waals surface area contributed by atoms with Crippen LogP contribution in [0.25, 0.3) is 0 Å². The molecule has 19 heavy (non-hydrogen) atoms. The lowest BCUT2D eigenvalue weighted by Gasteiger charge is -2.39. The van der Waals surface area contributed by atoms with Gasteiger partial charge in [0.05, 0.1) is 18.3 Å². The van der Waals surface area contributed by atoms with Crippen molar-refractivity contribution in [2.75, 3.05) is 19.8 Å². The Morgan fingerprint density at radius 2 is 2.16 bits per heavy atom. The highest BCUT2D eigenvalue weighted by Gasteiger charge is 2.43. The summed E-state index contributed by atoms with van der Waals surface area (Å²) < 4.78 is 11.4. The number of hydrogen-bond acceptors (Lipinski definition) is 3. The molecule has 0 aliphatic carbocycles. The van der Waals surface area contributed by atoms with Gasteiger partial charge in [-0.1, -0.05) is 29.8 Å². The summed E-state index contributed by atoms with van der Waals surface area (Å²) in [7, 11) is 0. The average Bonchev–Trinajstić information content (AvgIpc) is 2.86. The molecule has 0 bridgehead atoms. The van der Waals surface area contributed by atoms with Crippen molar-refractivity contribution < 1.29 is 14.6 Å². The van der Waals surface area contributed by atoms with Crippen LogP contribution < -0.4 is 0 Å². The smallest absolute Gasteiger partial charge is 0.0940 e. The van der Waals surface area contributed by atoms with Crippen molar-refractivity contribution in [3.8, 4) is 0 Å². The monoisotopic (exact) mass is 282 g/mol. The Hall–Kier alpha value is -0.610. The van der Waals surface area contributed by atoms with Crippen LogP contribution in [0, 0.1) is 5.92 Å². The third kappa shape index (κ3) is 2.65. The normalized spacial score (nSPS) is 32.6. The molecule has 3 atom stereocenters. The second-order valence-corrected chi connectivity index (χ2v) is 5.96. The number of rotatable bonds is 2. The van der Waals surface area contributed by atoms with E-state index >= 15 is 0 Å². The molecule has 2 heterocycles. The van der Waals surface area contributed by atoms with Gasteiger partial charge < -0.3 is 14.6 Å². The molecule has 0 amide bonds. The SMILES string of the molecule is OC(c1ccccc1Cl)C1CCOC2(CCOC2)C1. The summed E-state index contributed by atoms with van der Waals surface area (Å²) in [6.45, 7) is 2.10. The minimum absolute atomic E-state index is 0.175. The lowest BCUT2D eigenvalue weighted by Crippen LogP contribution is -2.41. The molecule has 4 heteroatoms. The van der Waals surface area contributed by atoms with E-state index < -0.39 is 6.10 Å². The van der Waals surface area contributed by atoms with Crippen molar-refractivity contribution in [3.63, 3.8) is 0 Å². The fraction of sp³-hybridized carbons (Fsp3) is 0.600. The quantitative estimate of drug-likeness (QED) is 0.906. The Bertz CT molecular complexity index is 443. The van der Waals surface area contributed by atoms with E-state index in [0.29, 0.717) is 18.2 Å². The largest absolute Gasteiger partial charge is 0.388 e. The summed E-state index contributed by atoms with van der Waals surface area (Å²) in [6.07, 6.45) is 2.13. The molecule has 2 aliphatic rings. The van der Waals surface area contributed by atoms with E-state index in [2.05, 4.69) is 0 Å². The summed E-state index contributed by atoms with van der Waals surface area (Å²) in [5, 5.41) is 11.2. The van der Waals surface area contributed by atoms with Gasteiger partial charge in [0.2, 0.25) is 0 Å². The molecule has 1 aromatic rings. The standard InChI is InChI=1S/C15H19ClO3/c16-13-4-2-1-3-12(13)14(17)11-5-7-19-15(9-11)6-8-18-10-15/h1-4,11,14,17H,5-10H2. The molecule has 2 saturated heterocycles. The number of ether oxygens (including phenoxy) is 2. The summed E-state index contributed by atoms with van der Waals surface area (Å²) in [5.41, 5.74) is 0.649. The zero-order valence-electron chi connectivity index (χ0n) is 10.8. The Labute approximate surface area is 118 Å². The maximum Gasteiger partial charge on any atom is 0.0940 e. The van der Waals surface area contributed by atoms with Crippen LogP contribution in [0.3, 0.4) is 0 Å². The lowest BCUT2D eigenvalue weighted by molar-refractivity contribution is -0.117. The molecule has 1 N–H and O–H groups in total. The van der Waals surface area contributed by atoms with Crippen LogP contribution in [-0.4, -0.2) is 30.5 Å². The second-order valence-electron chi connectivity index (χ2n) is 5.55. The molecule has 104 valence electrons. The molecule has 0 saturated carbocycles. The topological polar surface area (TPSA) is 38.7 Å². The molecule has 0 aromatic heterocycles. The number of benzene rings is 1. The maximum absolute atomic E-state index is 10.6. The minimum Gasteiger partial charge on any atom is -0.388 e. The average molecular weight is 283 g/mol. The first-order chi connectivity index (χ1) is 9.20. The van der Waals surface area contributed by atoms with Gasteiger partial charge in [-0.15, -0.1) is 0 Å². The van der Waals surface area contributed by atoms with Gasteiger partial charge in [-0.2, -0.15) is 0 Å². The molecule has 0 radical (unpaired) electrons. The molecule has 2 aliphatic heterocycles. The lowest BCUT2D eigenvalue weighted by atomic mass is 9.80. The van der Waals surface area contributed by atoms with Crippen LogP contribution in [0.5, 0.6) is 0 Å². The van der Waals surface area contributed by atoms with Crippen LogP contribution in [-0.2, 0) is 9.47 Å². The number of aliphatic hydroxyl groups excluding tert-OH is 1. The molecule has 2 fully saturated rings. The van der Waals surface area contributed by atoms with Gasteiger partial charge in [-0.3, -0.25) is 0 Å². The molecule has 3 rings (SSSR count). The molecule has 1 spiro atoms. The van der Waals surface area contributed by atoms with Crippen molar-refractivity contribution in [2.45, 2.75) is 31.0 Å². The molecular weight excluding hydrogens is 264 g/mol. The highest BCUT2D eigenvalue weighted by atomic mass is 35.5. The molecular formula is C15H19ClO3. The van der Waals surface area contributed by atoms with Gasteiger partial charge >= 0.3 is 0 Å². The van der Waals surface area contributed by atoms with Crippen LogP contribution in [0.4, 0.5) is 0 Å². The third-order valence-electron chi connectivity index (χ3n) is 4.27. The number of aliphatic hydroxyl groups is 1. The molecule has 1 aromatic carbocycles. The fourth-order valence-corrected chi connectivity index (χ4v) is 3.41. The zero-order chi connectivity index (χ0) is 13.3. The summed E-state index contributed by atoms with van der Waals surface area (Å²) >= 11 is 6.17. The van der Waals surface area contributed by atoms with Gasteiger partial charge in [-0.05, 0) is 30.4 Å². The first-order valence-electron chi connectivity index (χ1n) is 6.84.